The van der Waals surface area contributed by atoms with Crippen LogP contribution < -0.4 is 4.74 Å². The van der Waals surface area contributed by atoms with Crippen LogP contribution in [0.5, 0.6) is 5.75 Å². The number of fused-ring (bicyclic) bond motifs is 2. The molecule has 1 aromatic carbocycles. The lowest BCUT2D eigenvalue weighted by molar-refractivity contribution is 0.0697. The fourth-order valence-electron chi connectivity index (χ4n) is 3.06. The Morgan fingerprint density at radius 2 is 2.25 bits per heavy atom. The summed E-state index contributed by atoms with van der Waals surface area (Å²) >= 11 is 0. The first kappa shape index (κ1) is 12.9. The molecule has 3 rings (SSSR count). The largest absolute Gasteiger partial charge is 0.497 e. The summed E-state index contributed by atoms with van der Waals surface area (Å²) in [5.41, 5.74) is 2.97. The average Bonchev–Trinajstić information content (AvgIpc) is 2.44. The van der Waals surface area contributed by atoms with E-state index in [4.69, 9.17) is 9.72 Å². The lowest BCUT2D eigenvalue weighted by Gasteiger charge is -2.24. The fourth-order valence-corrected chi connectivity index (χ4v) is 3.06. The number of aromatic carboxylic acids is 1. The van der Waals surface area contributed by atoms with E-state index in [9.17, 15) is 9.90 Å². The van der Waals surface area contributed by atoms with E-state index in [0.29, 0.717) is 28.1 Å². The van der Waals surface area contributed by atoms with Gasteiger partial charge in [0.2, 0.25) is 0 Å². The second kappa shape index (κ2) is 4.78. The van der Waals surface area contributed by atoms with Gasteiger partial charge in [0.05, 0.1) is 18.2 Å². The molecule has 0 spiro atoms. The molecule has 0 amide bonds. The Kier molecular flexibility index (Phi) is 3.08. The number of aromatic nitrogens is 1. The van der Waals surface area contributed by atoms with Gasteiger partial charge in [-0.1, -0.05) is 6.92 Å². The molecule has 4 nitrogen and oxygen atoms in total. The average molecular weight is 271 g/mol. The third-order valence-corrected chi connectivity index (χ3v) is 4.07. The zero-order chi connectivity index (χ0) is 14.3. The van der Waals surface area contributed by atoms with Crippen LogP contribution >= 0.6 is 0 Å². The minimum atomic E-state index is -0.868. The normalized spacial score (nSPS) is 17.8. The maximum Gasteiger partial charge on any atom is 0.336 e. The van der Waals surface area contributed by atoms with E-state index in [1.54, 1.807) is 19.2 Å². The van der Waals surface area contributed by atoms with Gasteiger partial charge in [0.25, 0.3) is 0 Å². The molecule has 1 atom stereocenters. The highest BCUT2D eigenvalue weighted by Gasteiger charge is 2.25. The number of pyridine rings is 1. The van der Waals surface area contributed by atoms with E-state index in [2.05, 4.69) is 6.92 Å². The number of hydrogen-bond acceptors (Lipinski definition) is 3. The van der Waals surface area contributed by atoms with E-state index in [1.807, 2.05) is 6.07 Å². The molecular formula is C16H17NO3. The van der Waals surface area contributed by atoms with Crippen LogP contribution in [0, 0.1) is 0 Å². The highest BCUT2D eigenvalue weighted by molar-refractivity contribution is 6.04. The number of carboxylic acid groups (broad SMARTS) is 1. The highest BCUT2D eigenvalue weighted by atomic mass is 16.5. The van der Waals surface area contributed by atoms with Gasteiger partial charge in [0, 0.05) is 17.1 Å². The molecule has 1 aliphatic rings. The highest BCUT2D eigenvalue weighted by Crippen LogP contribution is 2.36. The van der Waals surface area contributed by atoms with Crippen molar-refractivity contribution in [3.05, 3.63) is 35.0 Å². The summed E-state index contributed by atoms with van der Waals surface area (Å²) in [4.78, 5) is 16.4. The first-order valence-corrected chi connectivity index (χ1v) is 6.85. The zero-order valence-electron chi connectivity index (χ0n) is 11.6. The Balaban J connectivity index is 2.37. The number of methoxy groups -OCH3 is 1. The second-order valence-electron chi connectivity index (χ2n) is 5.33. The Morgan fingerprint density at radius 1 is 1.45 bits per heavy atom. The quantitative estimate of drug-likeness (QED) is 0.909. The third-order valence-electron chi connectivity index (χ3n) is 4.07. The molecule has 4 heteroatoms. The summed E-state index contributed by atoms with van der Waals surface area (Å²) in [6.45, 7) is 2.11. The molecule has 1 aliphatic carbocycles. The van der Waals surface area contributed by atoms with Gasteiger partial charge in [0.15, 0.2) is 0 Å². The Labute approximate surface area is 117 Å². The smallest absolute Gasteiger partial charge is 0.336 e. The number of hydrogen-bond donors (Lipinski definition) is 1. The minimum Gasteiger partial charge on any atom is -0.497 e. The number of carbonyl (C=O) groups is 1. The van der Waals surface area contributed by atoms with Crippen molar-refractivity contribution in [3.8, 4) is 5.75 Å². The first-order chi connectivity index (χ1) is 9.61. The lowest BCUT2D eigenvalue weighted by atomic mass is 9.84. The van der Waals surface area contributed by atoms with Gasteiger partial charge in [-0.2, -0.15) is 0 Å². The van der Waals surface area contributed by atoms with Gasteiger partial charge in [-0.05, 0) is 42.9 Å². The van der Waals surface area contributed by atoms with Crippen LogP contribution in [0.3, 0.4) is 0 Å². The summed E-state index contributed by atoms with van der Waals surface area (Å²) in [6.07, 6.45) is 2.89. The van der Waals surface area contributed by atoms with E-state index >= 15 is 0 Å². The molecule has 20 heavy (non-hydrogen) atoms. The predicted molar refractivity (Wildman–Crippen MR) is 76.6 cm³/mol. The van der Waals surface area contributed by atoms with Crippen LogP contribution in [0.1, 0.15) is 47.3 Å². The Hall–Kier alpha value is -2.10. The molecule has 1 unspecified atom stereocenters. The van der Waals surface area contributed by atoms with Crippen molar-refractivity contribution in [1.82, 2.24) is 4.98 Å². The van der Waals surface area contributed by atoms with Crippen LogP contribution in [0.25, 0.3) is 10.9 Å². The number of ether oxygens (including phenoxy) is 1. The fraction of sp³-hybridized carbons (Fsp3) is 0.375. The van der Waals surface area contributed by atoms with Gasteiger partial charge < -0.3 is 9.84 Å². The van der Waals surface area contributed by atoms with Crippen molar-refractivity contribution in [2.45, 2.75) is 32.1 Å². The molecule has 0 fully saturated rings. The Bertz CT molecular complexity index is 694. The van der Waals surface area contributed by atoms with Crippen molar-refractivity contribution in [2.75, 3.05) is 7.11 Å². The van der Waals surface area contributed by atoms with Crippen molar-refractivity contribution < 1.29 is 14.6 Å². The van der Waals surface area contributed by atoms with E-state index < -0.39 is 5.97 Å². The summed E-state index contributed by atoms with van der Waals surface area (Å²) in [6, 6.07) is 5.39. The van der Waals surface area contributed by atoms with Crippen molar-refractivity contribution in [1.29, 1.82) is 0 Å². The van der Waals surface area contributed by atoms with Crippen molar-refractivity contribution >= 4 is 16.9 Å². The molecule has 1 heterocycles. The Morgan fingerprint density at radius 3 is 2.95 bits per heavy atom. The summed E-state index contributed by atoms with van der Waals surface area (Å²) < 4.78 is 5.21. The maximum atomic E-state index is 11.7. The molecule has 1 N–H and O–H groups in total. The van der Waals surface area contributed by atoms with Gasteiger partial charge in [-0.3, -0.25) is 4.98 Å². The molecular weight excluding hydrogens is 254 g/mol. The summed E-state index contributed by atoms with van der Waals surface area (Å²) in [5.74, 6) is 0.144. The predicted octanol–water partition coefficient (Wildman–Crippen LogP) is 3.38. The standard InChI is InChI=1S/C16H17NO3/c1-9-4-3-5-12-14(16(18)19)11-7-6-10(20-2)8-13(11)17-15(9)12/h6-9H,3-5H2,1-2H3,(H,18,19). The van der Waals surface area contributed by atoms with Crippen LogP contribution in [0.15, 0.2) is 18.2 Å². The molecule has 2 aromatic rings. The summed E-state index contributed by atoms with van der Waals surface area (Å²) in [5, 5.41) is 10.3. The zero-order valence-corrected chi connectivity index (χ0v) is 11.6. The monoisotopic (exact) mass is 271 g/mol. The second-order valence-corrected chi connectivity index (χ2v) is 5.33. The van der Waals surface area contributed by atoms with Crippen LogP contribution in [0.2, 0.25) is 0 Å². The number of carboxylic acids is 1. The molecule has 104 valence electrons. The molecule has 1 aromatic heterocycles. The van der Waals surface area contributed by atoms with Gasteiger partial charge >= 0.3 is 5.97 Å². The number of nitrogens with zero attached hydrogens (tertiary/aromatic N) is 1. The third kappa shape index (κ3) is 1.92. The van der Waals surface area contributed by atoms with E-state index in [0.717, 1.165) is 30.5 Å². The van der Waals surface area contributed by atoms with Crippen LogP contribution in [-0.4, -0.2) is 23.2 Å². The number of benzene rings is 1. The number of rotatable bonds is 2. The van der Waals surface area contributed by atoms with Gasteiger partial charge in [0.1, 0.15) is 5.75 Å². The molecule has 0 radical (unpaired) electrons. The van der Waals surface area contributed by atoms with Gasteiger partial charge in [-0.25, -0.2) is 4.79 Å². The summed E-state index contributed by atoms with van der Waals surface area (Å²) in [7, 11) is 1.60. The maximum absolute atomic E-state index is 11.7. The van der Waals surface area contributed by atoms with E-state index in [1.165, 1.54) is 0 Å². The van der Waals surface area contributed by atoms with Crippen LogP contribution in [0.4, 0.5) is 0 Å². The van der Waals surface area contributed by atoms with Crippen molar-refractivity contribution in [2.24, 2.45) is 0 Å². The first-order valence-electron chi connectivity index (χ1n) is 6.85. The topological polar surface area (TPSA) is 59.4 Å². The van der Waals surface area contributed by atoms with Crippen molar-refractivity contribution in [3.63, 3.8) is 0 Å². The van der Waals surface area contributed by atoms with Gasteiger partial charge in [-0.15, -0.1) is 0 Å². The molecule has 0 saturated carbocycles. The molecule has 0 bridgehead atoms. The SMILES string of the molecule is COc1ccc2c(C(=O)O)c3c(nc2c1)C(C)CCC3. The molecule has 0 saturated heterocycles. The van der Waals surface area contributed by atoms with Crippen LogP contribution in [-0.2, 0) is 6.42 Å². The molecule has 0 aliphatic heterocycles. The van der Waals surface area contributed by atoms with E-state index in [-0.39, 0.29) is 0 Å². The lowest BCUT2D eigenvalue weighted by Crippen LogP contribution is -2.15. The minimum absolute atomic E-state index is 0.312.